The lowest BCUT2D eigenvalue weighted by Crippen LogP contribution is -2.26. The predicted molar refractivity (Wildman–Crippen MR) is 73.5 cm³/mol. The highest BCUT2D eigenvalue weighted by molar-refractivity contribution is 7.89. The normalized spacial score (nSPS) is 11.7. The molecular formula is C11H13N3O4S2. The SMILES string of the molecule is Cc1sc(C(=O)O)cc1S(=O)(=O)NCCc1cnc[nH]1. The van der Waals surface area contributed by atoms with Gasteiger partial charge in [-0.1, -0.05) is 0 Å². The smallest absolute Gasteiger partial charge is 0.345 e. The van der Waals surface area contributed by atoms with Crippen molar-refractivity contribution >= 4 is 27.3 Å². The summed E-state index contributed by atoms with van der Waals surface area (Å²) in [4.78, 5) is 18.0. The molecule has 2 heterocycles. The van der Waals surface area contributed by atoms with Gasteiger partial charge in [-0.05, 0) is 13.0 Å². The molecule has 20 heavy (non-hydrogen) atoms. The minimum absolute atomic E-state index is 0.0106. The molecule has 0 bridgehead atoms. The summed E-state index contributed by atoms with van der Waals surface area (Å²) in [7, 11) is -3.69. The molecule has 0 aliphatic carbocycles. The van der Waals surface area contributed by atoms with E-state index in [0.29, 0.717) is 11.3 Å². The van der Waals surface area contributed by atoms with Crippen LogP contribution in [-0.2, 0) is 16.4 Å². The average Bonchev–Trinajstić information content (AvgIpc) is 2.98. The number of H-pyrrole nitrogens is 1. The molecule has 0 atom stereocenters. The molecule has 0 spiro atoms. The van der Waals surface area contributed by atoms with Crippen molar-refractivity contribution in [2.75, 3.05) is 6.54 Å². The molecule has 108 valence electrons. The van der Waals surface area contributed by atoms with Crippen LogP contribution in [-0.4, -0.2) is 36.0 Å². The quantitative estimate of drug-likeness (QED) is 0.736. The number of carboxylic acid groups (broad SMARTS) is 1. The second kappa shape index (κ2) is 5.73. The molecule has 0 radical (unpaired) electrons. The Morgan fingerprint density at radius 3 is 2.85 bits per heavy atom. The van der Waals surface area contributed by atoms with E-state index < -0.39 is 16.0 Å². The Bertz CT molecular complexity index is 704. The number of hydrogen-bond donors (Lipinski definition) is 3. The number of aromatic amines is 1. The number of hydrogen-bond acceptors (Lipinski definition) is 5. The number of carbonyl (C=O) groups is 1. The van der Waals surface area contributed by atoms with Crippen molar-refractivity contribution in [1.82, 2.24) is 14.7 Å². The predicted octanol–water partition coefficient (Wildman–Crippen LogP) is 0.999. The largest absolute Gasteiger partial charge is 0.477 e. The Morgan fingerprint density at radius 1 is 1.55 bits per heavy atom. The van der Waals surface area contributed by atoms with Crippen LogP contribution in [0, 0.1) is 6.92 Å². The first-order chi connectivity index (χ1) is 9.40. The van der Waals surface area contributed by atoms with E-state index in [-0.39, 0.29) is 16.3 Å². The summed E-state index contributed by atoms with van der Waals surface area (Å²) in [5.74, 6) is -1.13. The third kappa shape index (κ3) is 3.24. The summed E-state index contributed by atoms with van der Waals surface area (Å²) in [6.07, 6.45) is 3.62. The zero-order valence-electron chi connectivity index (χ0n) is 10.6. The standard InChI is InChI=1S/C11H13N3O4S2/c1-7-10(4-9(19-7)11(15)16)20(17,18)14-3-2-8-5-12-6-13-8/h4-6,14H,2-3H2,1H3,(H,12,13)(H,15,16). The van der Waals surface area contributed by atoms with Crippen LogP contribution in [0.2, 0.25) is 0 Å². The number of imidazole rings is 1. The topological polar surface area (TPSA) is 112 Å². The minimum Gasteiger partial charge on any atom is -0.477 e. The van der Waals surface area contributed by atoms with Crippen LogP contribution in [0.5, 0.6) is 0 Å². The second-order valence-corrected chi connectivity index (χ2v) is 7.05. The fraction of sp³-hybridized carbons (Fsp3) is 0.273. The number of carboxylic acids is 1. The lowest BCUT2D eigenvalue weighted by atomic mass is 10.3. The molecule has 0 aliphatic rings. The molecule has 2 aromatic rings. The van der Waals surface area contributed by atoms with Gasteiger partial charge in [-0.2, -0.15) is 0 Å². The van der Waals surface area contributed by atoms with Crippen LogP contribution >= 0.6 is 11.3 Å². The summed E-state index contributed by atoms with van der Waals surface area (Å²) in [5, 5.41) is 8.87. The molecular weight excluding hydrogens is 302 g/mol. The maximum absolute atomic E-state index is 12.1. The number of nitrogens with one attached hydrogen (secondary N) is 2. The lowest BCUT2D eigenvalue weighted by Gasteiger charge is -2.05. The van der Waals surface area contributed by atoms with Gasteiger partial charge in [-0.15, -0.1) is 11.3 Å². The number of aromatic carboxylic acids is 1. The van der Waals surface area contributed by atoms with E-state index in [1.165, 1.54) is 12.4 Å². The molecule has 3 N–H and O–H groups in total. The van der Waals surface area contributed by atoms with Gasteiger partial charge in [0.05, 0.1) is 11.2 Å². The average molecular weight is 315 g/mol. The molecule has 2 aromatic heterocycles. The number of rotatable bonds is 6. The van der Waals surface area contributed by atoms with Crippen molar-refractivity contribution in [2.24, 2.45) is 0 Å². The van der Waals surface area contributed by atoms with Crippen molar-refractivity contribution in [3.05, 3.63) is 34.0 Å². The molecule has 0 fully saturated rings. The molecule has 7 nitrogen and oxygen atoms in total. The zero-order valence-corrected chi connectivity index (χ0v) is 12.2. The van der Waals surface area contributed by atoms with E-state index in [4.69, 9.17) is 5.11 Å². The third-order valence-corrected chi connectivity index (χ3v) is 5.37. The minimum atomic E-state index is -3.69. The highest BCUT2D eigenvalue weighted by Crippen LogP contribution is 2.25. The van der Waals surface area contributed by atoms with Crippen molar-refractivity contribution in [1.29, 1.82) is 0 Å². The van der Waals surface area contributed by atoms with Crippen molar-refractivity contribution < 1.29 is 18.3 Å². The monoisotopic (exact) mass is 315 g/mol. The number of sulfonamides is 1. The van der Waals surface area contributed by atoms with Gasteiger partial charge >= 0.3 is 5.97 Å². The fourth-order valence-corrected chi connectivity index (χ4v) is 4.12. The highest BCUT2D eigenvalue weighted by atomic mass is 32.2. The maximum atomic E-state index is 12.1. The highest BCUT2D eigenvalue weighted by Gasteiger charge is 2.21. The Morgan fingerprint density at radius 2 is 2.30 bits per heavy atom. The summed E-state index contributed by atoms with van der Waals surface area (Å²) in [6.45, 7) is 1.79. The van der Waals surface area contributed by atoms with E-state index in [2.05, 4.69) is 14.7 Å². The molecule has 0 saturated carbocycles. The summed E-state index contributed by atoms with van der Waals surface area (Å²) in [6, 6.07) is 1.18. The van der Waals surface area contributed by atoms with E-state index >= 15 is 0 Å². The molecule has 9 heteroatoms. The molecule has 0 amide bonds. The van der Waals surface area contributed by atoms with E-state index in [1.54, 1.807) is 13.1 Å². The van der Waals surface area contributed by atoms with Crippen LogP contribution in [0.1, 0.15) is 20.2 Å². The Kier molecular flexibility index (Phi) is 4.21. The lowest BCUT2D eigenvalue weighted by molar-refractivity contribution is 0.0702. The van der Waals surface area contributed by atoms with Gasteiger partial charge in [0.15, 0.2) is 0 Å². The summed E-state index contributed by atoms with van der Waals surface area (Å²) in [5.41, 5.74) is 0.820. The fourth-order valence-electron chi connectivity index (χ4n) is 1.66. The number of aryl methyl sites for hydroxylation is 1. The van der Waals surface area contributed by atoms with Crippen LogP contribution in [0.25, 0.3) is 0 Å². The van der Waals surface area contributed by atoms with Crippen molar-refractivity contribution in [3.8, 4) is 0 Å². The summed E-state index contributed by atoms with van der Waals surface area (Å²) < 4.78 is 26.6. The van der Waals surface area contributed by atoms with E-state index in [0.717, 1.165) is 17.0 Å². The third-order valence-electron chi connectivity index (χ3n) is 2.61. The van der Waals surface area contributed by atoms with Gasteiger partial charge in [0.1, 0.15) is 4.88 Å². The molecule has 0 aromatic carbocycles. The number of nitrogens with zero attached hydrogens (tertiary/aromatic N) is 1. The maximum Gasteiger partial charge on any atom is 0.345 e. The first-order valence-corrected chi connectivity index (χ1v) is 8.01. The first-order valence-electron chi connectivity index (χ1n) is 5.71. The molecule has 0 unspecified atom stereocenters. The van der Waals surface area contributed by atoms with Gasteiger partial charge in [0.25, 0.3) is 0 Å². The van der Waals surface area contributed by atoms with Gasteiger partial charge in [-0.25, -0.2) is 22.9 Å². The van der Waals surface area contributed by atoms with Crippen LogP contribution < -0.4 is 4.72 Å². The van der Waals surface area contributed by atoms with Crippen molar-refractivity contribution in [2.45, 2.75) is 18.2 Å². The van der Waals surface area contributed by atoms with Gasteiger partial charge in [0, 0.05) is 29.7 Å². The van der Waals surface area contributed by atoms with Gasteiger partial charge in [-0.3, -0.25) is 0 Å². The Labute approximate surface area is 119 Å². The van der Waals surface area contributed by atoms with E-state index in [1.807, 2.05) is 0 Å². The first kappa shape index (κ1) is 14.7. The van der Waals surface area contributed by atoms with Crippen LogP contribution in [0.3, 0.4) is 0 Å². The van der Waals surface area contributed by atoms with E-state index in [9.17, 15) is 13.2 Å². The second-order valence-electron chi connectivity index (χ2n) is 4.06. The van der Waals surface area contributed by atoms with Crippen LogP contribution in [0.15, 0.2) is 23.5 Å². The van der Waals surface area contributed by atoms with Crippen molar-refractivity contribution in [3.63, 3.8) is 0 Å². The zero-order chi connectivity index (χ0) is 14.8. The summed E-state index contributed by atoms with van der Waals surface area (Å²) >= 11 is 0.946. The molecule has 0 saturated heterocycles. The van der Waals surface area contributed by atoms with Crippen LogP contribution in [0.4, 0.5) is 0 Å². The number of thiophene rings is 1. The molecule has 2 rings (SSSR count). The molecule has 0 aliphatic heterocycles. The van der Waals surface area contributed by atoms with Gasteiger partial charge < -0.3 is 10.1 Å². The number of aromatic nitrogens is 2. The Hall–Kier alpha value is -1.71. The van der Waals surface area contributed by atoms with Gasteiger partial charge in [0.2, 0.25) is 10.0 Å². The Balaban J connectivity index is 2.08.